The van der Waals surface area contributed by atoms with Gasteiger partial charge >= 0.3 is 0 Å². The predicted octanol–water partition coefficient (Wildman–Crippen LogP) is 4.74. The fraction of sp³-hybridized carbons (Fsp3) is 0.429. The van der Waals surface area contributed by atoms with Crippen LogP contribution >= 0.6 is 11.6 Å². The normalized spacial score (nSPS) is 21.8. The van der Waals surface area contributed by atoms with Crippen molar-refractivity contribution in [2.45, 2.75) is 45.0 Å². The highest BCUT2D eigenvalue weighted by atomic mass is 35.5. The third kappa shape index (κ3) is 5.84. The molecule has 27 heavy (non-hydrogen) atoms. The lowest BCUT2D eigenvalue weighted by molar-refractivity contribution is -0.113. The maximum Gasteiger partial charge on any atom is 0.146 e. The van der Waals surface area contributed by atoms with E-state index < -0.39 is 6.10 Å². The Bertz CT molecular complexity index is 704. The van der Waals surface area contributed by atoms with E-state index >= 15 is 0 Å². The van der Waals surface area contributed by atoms with Crippen LogP contribution in [-0.2, 0) is 4.74 Å². The van der Waals surface area contributed by atoms with E-state index in [0.717, 1.165) is 11.3 Å². The van der Waals surface area contributed by atoms with Gasteiger partial charge in [0.1, 0.15) is 17.2 Å². The molecule has 2 aromatic carbocycles. The number of halogens is 1. The molecule has 3 unspecified atom stereocenters. The SMILES string of the molecule is CC.COc1ccc(Oc2cc(C3CC(O)CC(CO)O3)ccc2Cl)cc1. The molecule has 6 heteroatoms. The molecule has 0 amide bonds. The maximum atomic E-state index is 9.99. The number of hydrogen-bond donors (Lipinski definition) is 2. The molecule has 1 aliphatic heterocycles. The van der Waals surface area contributed by atoms with Crippen molar-refractivity contribution in [3.63, 3.8) is 0 Å². The van der Waals surface area contributed by atoms with Crippen LogP contribution in [0.4, 0.5) is 0 Å². The molecule has 2 aromatic rings. The van der Waals surface area contributed by atoms with Gasteiger partial charge in [0, 0.05) is 12.8 Å². The monoisotopic (exact) mass is 394 g/mol. The van der Waals surface area contributed by atoms with Crippen LogP contribution in [0.5, 0.6) is 17.2 Å². The van der Waals surface area contributed by atoms with Crippen LogP contribution < -0.4 is 9.47 Å². The molecule has 0 bridgehead atoms. The Balaban J connectivity index is 0.00000126. The number of hydrogen-bond acceptors (Lipinski definition) is 5. The summed E-state index contributed by atoms with van der Waals surface area (Å²) in [6.07, 6.45) is -0.264. The van der Waals surface area contributed by atoms with Crippen molar-refractivity contribution >= 4 is 11.6 Å². The number of methoxy groups -OCH3 is 1. The summed E-state index contributed by atoms with van der Waals surface area (Å²) in [6, 6.07) is 12.6. The maximum absolute atomic E-state index is 9.99. The summed E-state index contributed by atoms with van der Waals surface area (Å²) in [7, 11) is 1.61. The van der Waals surface area contributed by atoms with Gasteiger partial charge in [0.25, 0.3) is 0 Å². The molecule has 3 atom stereocenters. The quantitative estimate of drug-likeness (QED) is 0.766. The van der Waals surface area contributed by atoms with Crippen LogP contribution in [0, 0.1) is 0 Å². The molecule has 1 heterocycles. The number of benzene rings is 2. The van der Waals surface area contributed by atoms with Crippen LogP contribution in [0.3, 0.4) is 0 Å². The minimum absolute atomic E-state index is 0.115. The van der Waals surface area contributed by atoms with E-state index in [4.69, 9.17) is 25.8 Å². The van der Waals surface area contributed by atoms with E-state index in [9.17, 15) is 10.2 Å². The van der Waals surface area contributed by atoms with Crippen molar-refractivity contribution in [1.82, 2.24) is 0 Å². The van der Waals surface area contributed by atoms with E-state index in [1.165, 1.54) is 0 Å². The molecular formula is C21H27ClO5. The highest BCUT2D eigenvalue weighted by Crippen LogP contribution is 2.37. The molecule has 1 fully saturated rings. The Morgan fingerprint density at radius 3 is 2.37 bits per heavy atom. The Labute approximate surface area is 165 Å². The summed E-state index contributed by atoms with van der Waals surface area (Å²) < 4.78 is 16.8. The van der Waals surface area contributed by atoms with Crippen LogP contribution in [-0.4, -0.2) is 36.1 Å². The van der Waals surface area contributed by atoms with Crippen molar-refractivity contribution in [2.24, 2.45) is 0 Å². The van der Waals surface area contributed by atoms with Crippen molar-refractivity contribution < 1.29 is 24.4 Å². The predicted molar refractivity (Wildman–Crippen MR) is 106 cm³/mol. The first kappa shape index (κ1) is 21.5. The van der Waals surface area contributed by atoms with Crippen LogP contribution in [0.15, 0.2) is 42.5 Å². The van der Waals surface area contributed by atoms with E-state index in [1.807, 2.05) is 26.0 Å². The second-order valence-corrected chi connectivity index (χ2v) is 6.43. The summed E-state index contributed by atoms with van der Waals surface area (Å²) in [5, 5.41) is 19.8. The van der Waals surface area contributed by atoms with Crippen molar-refractivity contribution in [1.29, 1.82) is 0 Å². The molecule has 148 valence electrons. The Kier molecular flexibility index (Phi) is 8.38. The number of aliphatic hydroxyl groups excluding tert-OH is 2. The van der Waals surface area contributed by atoms with Crippen molar-refractivity contribution in [2.75, 3.05) is 13.7 Å². The Morgan fingerprint density at radius 1 is 1.07 bits per heavy atom. The fourth-order valence-corrected chi connectivity index (χ4v) is 3.05. The largest absolute Gasteiger partial charge is 0.497 e. The van der Waals surface area contributed by atoms with Crippen LogP contribution in [0.1, 0.15) is 38.4 Å². The van der Waals surface area contributed by atoms with Crippen LogP contribution in [0.2, 0.25) is 5.02 Å². The molecule has 1 aliphatic rings. The molecule has 1 saturated heterocycles. The topological polar surface area (TPSA) is 68.2 Å². The lowest BCUT2D eigenvalue weighted by atomic mass is 9.96. The summed E-state index contributed by atoms with van der Waals surface area (Å²) in [5.41, 5.74) is 0.852. The zero-order chi connectivity index (χ0) is 19.8. The second kappa shape index (κ2) is 10.5. The average molecular weight is 395 g/mol. The van der Waals surface area contributed by atoms with Gasteiger partial charge in [-0.15, -0.1) is 0 Å². The summed E-state index contributed by atoms with van der Waals surface area (Å²) >= 11 is 6.25. The molecule has 0 aliphatic carbocycles. The van der Waals surface area contributed by atoms with Gasteiger partial charge in [-0.1, -0.05) is 31.5 Å². The van der Waals surface area contributed by atoms with Gasteiger partial charge in [0.05, 0.1) is 37.1 Å². The minimum atomic E-state index is -0.502. The molecule has 2 N–H and O–H groups in total. The van der Waals surface area contributed by atoms with Crippen molar-refractivity contribution in [3.8, 4) is 17.2 Å². The number of ether oxygens (including phenoxy) is 3. The molecular weight excluding hydrogens is 368 g/mol. The summed E-state index contributed by atoms with van der Waals surface area (Å²) in [5.74, 6) is 1.89. The summed E-state index contributed by atoms with van der Waals surface area (Å²) in [6.45, 7) is 3.89. The molecule has 3 rings (SSSR count). The molecule has 0 saturated carbocycles. The van der Waals surface area contributed by atoms with Crippen LogP contribution in [0.25, 0.3) is 0 Å². The highest BCUT2D eigenvalue weighted by Gasteiger charge is 2.29. The molecule has 5 nitrogen and oxygen atoms in total. The van der Waals surface area contributed by atoms with Gasteiger partial charge < -0.3 is 24.4 Å². The lowest BCUT2D eigenvalue weighted by Gasteiger charge is -2.32. The van der Waals surface area contributed by atoms with Gasteiger partial charge in [-0.25, -0.2) is 0 Å². The minimum Gasteiger partial charge on any atom is -0.497 e. The molecule has 0 spiro atoms. The molecule has 0 radical (unpaired) electrons. The second-order valence-electron chi connectivity index (χ2n) is 6.02. The molecule has 0 aromatic heterocycles. The Hall–Kier alpha value is -1.79. The average Bonchev–Trinajstić information content (AvgIpc) is 2.71. The first-order chi connectivity index (χ1) is 13.1. The summed E-state index contributed by atoms with van der Waals surface area (Å²) in [4.78, 5) is 0. The lowest BCUT2D eigenvalue weighted by Crippen LogP contribution is -2.33. The standard InChI is InChI=1S/C19H21ClO5.C2H6/c1-23-14-3-5-15(6-4-14)24-19-8-12(2-7-17(19)20)18-10-13(22)9-16(11-21)25-18;1-2/h2-8,13,16,18,21-22H,9-11H2,1H3;1-2H3. The zero-order valence-electron chi connectivity index (χ0n) is 15.9. The van der Waals surface area contributed by atoms with E-state index in [2.05, 4.69) is 0 Å². The smallest absolute Gasteiger partial charge is 0.146 e. The van der Waals surface area contributed by atoms with Crippen molar-refractivity contribution in [3.05, 3.63) is 53.1 Å². The fourth-order valence-electron chi connectivity index (χ4n) is 2.89. The highest BCUT2D eigenvalue weighted by molar-refractivity contribution is 6.32. The van der Waals surface area contributed by atoms with Gasteiger partial charge in [-0.05, 0) is 42.0 Å². The number of aliphatic hydroxyl groups is 2. The number of rotatable bonds is 5. The van der Waals surface area contributed by atoms with E-state index in [-0.39, 0.29) is 18.8 Å². The van der Waals surface area contributed by atoms with E-state index in [0.29, 0.717) is 29.4 Å². The first-order valence-electron chi connectivity index (χ1n) is 9.14. The van der Waals surface area contributed by atoms with E-state index in [1.54, 1.807) is 37.4 Å². The zero-order valence-corrected chi connectivity index (χ0v) is 16.6. The third-order valence-electron chi connectivity index (χ3n) is 4.20. The van der Waals surface area contributed by atoms with Gasteiger partial charge in [0.15, 0.2) is 0 Å². The Morgan fingerprint density at radius 2 is 1.74 bits per heavy atom. The third-order valence-corrected chi connectivity index (χ3v) is 4.51. The van der Waals surface area contributed by atoms with Gasteiger partial charge in [-0.3, -0.25) is 0 Å². The van der Waals surface area contributed by atoms with Gasteiger partial charge in [0.2, 0.25) is 0 Å². The van der Waals surface area contributed by atoms with Gasteiger partial charge in [-0.2, -0.15) is 0 Å². The first-order valence-corrected chi connectivity index (χ1v) is 9.52.